The van der Waals surface area contributed by atoms with Crippen LogP contribution < -0.4 is 4.72 Å². The Hall–Kier alpha value is -2.99. The Balaban J connectivity index is 1.96. The molecule has 0 saturated heterocycles. The molecule has 0 unspecified atom stereocenters. The van der Waals surface area contributed by atoms with E-state index in [1.165, 1.54) is 12.1 Å². The van der Waals surface area contributed by atoms with Gasteiger partial charge >= 0.3 is 0 Å². The molecule has 1 N–H and O–H groups in total. The number of carbonyl (C=O) groups is 1. The number of hydrogen-bond acceptors (Lipinski definition) is 4. The minimum absolute atomic E-state index is 0.0378. The van der Waals surface area contributed by atoms with Crippen LogP contribution >= 0.6 is 0 Å². The third kappa shape index (κ3) is 3.33. The highest BCUT2D eigenvalue weighted by atomic mass is 32.2. The number of carbonyl (C=O) groups excluding carboxylic acids is 1. The van der Waals surface area contributed by atoms with Crippen molar-refractivity contribution in [2.75, 3.05) is 4.72 Å². The van der Waals surface area contributed by atoms with Crippen LogP contribution in [0.5, 0.6) is 0 Å². The summed E-state index contributed by atoms with van der Waals surface area (Å²) in [5.41, 5.74) is 1.63. The largest absolute Gasteiger partial charge is 0.296 e. The molecule has 24 heavy (non-hydrogen) atoms. The van der Waals surface area contributed by atoms with E-state index in [0.717, 1.165) is 5.56 Å². The molecule has 2 aromatic carbocycles. The first-order valence-electron chi connectivity index (χ1n) is 7.20. The lowest BCUT2D eigenvalue weighted by Crippen LogP contribution is -2.14. The third-order valence-corrected chi connectivity index (χ3v) is 4.79. The van der Waals surface area contributed by atoms with Gasteiger partial charge in [-0.1, -0.05) is 48.5 Å². The number of rotatable bonds is 5. The van der Waals surface area contributed by atoms with Gasteiger partial charge < -0.3 is 0 Å². The second-order valence-electron chi connectivity index (χ2n) is 5.03. The average Bonchev–Trinajstić information content (AvgIpc) is 2.63. The van der Waals surface area contributed by atoms with Crippen molar-refractivity contribution in [3.63, 3.8) is 0 Å². The average molecular weight is 338 g/mol. The van der Waals surface area contributed by atoms with Crippen molar-refractivity contribution in [1.82, 2.24) is 4.98 Å². The van der Waals surface area contributed by atoms with Gasteiger partial charge in [-0.05, 0) is 24.3 Å². The van der Waals surface area contributed by atoms with Crippen LogP contribution in [0.3, 0.4) is 0 Å². The first-order chi connectivity index (χ1) is 11.6. The topological polar surface area (TPSA) is 76.1 Å². The molecule has 0 amide bonds. The van der Waals surface area contributed by atoms with Crippen molar-refractivity contribution >= 4 is 22.0 Å². The van der Waals surface area contributed by atoms with E-state index in [9.17, 15) is 13.2 Å². The first-order valence-corrected chi connectivity index (χ1v) is 8.68. The van der Waals surface area contributed by atoms with Gasteiger partial charge in [0.2, 0.25) is 0 Å². The predicted molar refractivity (Wildman–Crippen MR) is 92.3 cm³/mol. The van der Waals surface area contributed by atoms with Crippen LogP contribution in [0.4, 0.5) is 5.69 Å². The summed E-state index contributed by atoms with van der Waals surface area (Å²) in [6, 6.07) is 20.5. The highest BCUT2D eigenvalue weighted by Crippen LogP contribution is 2.23. The second kappa shape index (κ2) is 6.64. The van der Waals surface area contributed by atoms with Gasteiger partial charge in [-0.3, -0.25) is 9.52 Å². The zero-order valence-electron chi connectivity index (χ0n) is 12.6. The lowest BCUT2D eigenvalue weighted by molar-refractivity contribution is 0.112. The molecule has 0 spiro atoms. The lowest BCUT2D eigenvalue weighted by atomic mass is 10.1. The van der Waals surface area contributed by atoms with Crippen LogP contribution in [0.1, 0.15) is 10.5 Å². The van der Waals surface area contributed by atoms with Crippen LogP contribution in [0.2, 0.25) is 0 Å². The number of aromatic nitrogens is 1. The quantitative estimate of drug-likeness (QED) is 0.724. The van der Waals surface area contributed by atoms with Crippen molar-refractivity contribution in [2.24, 2.45) is 0 Å². The van der Waals surface area contributed by atoms with Crippen LogP contribution in [-0.2, 0) is 10.0 Å². The molecule has 6 heteroatoms. The number of sulfonamides is 1. The Labute approximate surface area is 140 Å². The summed E-state index contributed by atoms with van der Waals surface area (Å²) < 4.78 is 27.2. The molecule has 0 aliphatic carbocycles. The smallest absolute Gasteiger partial charge is 0.261 e. The summed E-state index contributed by atoms with van der Waals surface area (Å²) in [5.74, 6) is 0. The van der Waals surface area contributed by atoms with Gasteiger partial charge in [0.15, 0.2) is 6.29 Å². The highest BCUT2D eigenvalue weighted by Gasteiger charge is 2.16. The molecule has 0 aliphatic rings. The summed E-state index contributed by atoms with van der Waals surface area (Å²) in [4.78, 5) is 15.7. The zero-order chi connectivity index (χ0) is 17.0. The fourth-order valence-electron chi connectivity index (χ4n) is 2.22. The SMILES string of the molecule is O=Cc1nc(-c2ccccc2)ccc1NS(=O)(=O)c1ccccc1. The van der Waals surface area contributed by atoms with E-state index in [1.54, 1.807) is 30.3 Å². The van der Waals surface area contributed by atoms with Gasteiger partial charge in [0, 0.05) is 5.56 Å². The molecule has 0 aliphatic heterocycles. The van der Waals surface area contributed by atoms with Crippen molar-refractivity contribution < 1.29 is 13.2 Å². The van der Waals surface area contributed by atoms with Gasteiger partial charge in [0.25, 0.3) is 10.0 Å². The first kappa shape index (κ1) is 15.9. The van der Waals surface area contributed by atoms with E-state index in [4.69, 9.17) is 0 Å². The summed E-state index contributed by atoms with van der Waals surface area (Å²) in [6.45, 7) is 0. The lowest BCUT2D eigenvalue weighted by Gasteiger charge is -2.11. The fourth-order valence-corrected chi connectivity index (χ4v) is 3.32. The molecular formula is C18H14N2O3S. The second-order valence-corrected chi connectivity index (χ2v) is 6.71. The summed E-state index contributed by atoms with van der Waals surface area (Å²) >= 11 is 0. The van der Waals surface area contributed by atoms with Crippen LogP contribution in [0, 0.1) is 0 Å². The summed E-state index contributed by atoms with van der Waals surface area (Å²) in [5, 5.41) is 0. The predicted octanol–water partition coefficient (Wildman–Crippen LogP) is 3.36. The van der Waals surface area contributed by atoms with Crippen LogP contribution in [0.25, 0.3) is 11.3 Å². The van der Waals surface area contributed by atoms with Gasteiger partial charge in [0.05, 0.1) is 16.3 Å². The Morgan fingerprint density at radius 3 is 2.08 bits per heavy atom. The number of aldehydes is 1. The van der Waals surface area contributed by atoms with E-state index < -0.39 is 10.0 Å². The Kier molecular flexibility index (Phi) is 4.39. The molecular weight excluding hydrogens is 324 g/mol. The Bertz CT molecular complexity index is 956. The number of hydrogen-bond donors (Lipinski definition) is 1. The maximum atomic E-state index is 12.4. The van der Waals surface area contributed by atoms with Gasteiger partial charge in [-0.25, -0.2) is 13.4 Å². The number of pyridine rings is 1. The molecule has 0 fully saturated rings. The van der Waals surface area contributed by atoms with Crippen LogP contribution in [0.15, 0.2) is 77.7 Å². The molecule has 0 saturated carbocycles. The van der Waals surface area contributed by atoms with Crippen molar-refractivity contribution in [2.45, 2.75) is 4.90 Å². The molecule has 0 atom stereocenters. The zero-order valence-corrected chi connectivity index (χ0v) is 13.4. The molecule has 1 heterocycles. The number of benzene rings is 2. The summed E-state index contributed by atoms with van der Waals surface area (Å²) in [7, 11) is -3.77. The Morgan fingerprint density at radius 1 is 0.833 bits per heavy atom. The molecule has 1 aromatic heterocycles. The monoisotopic (exact) mass is 338 g/mol. The van der Waals surface area contributed by atoms with Crippen molar-refractivity contribution in [3.8, 4) is 11.3 Å². The van der Waals surface area contributed by atoms with Crippen molar-refractivity contribution in [3.05, 3.63) is 78.5 Å². The van der Waals surface area contributed by atoms with Gasteiger partial charge in [0.1, 0.15) is 5.69 Å². The van der Waals surface area contributed by atoms with Gasteiger partial charge in [-0.2, -0.15) is 0 Å². The maximum Gasteiger partial charge on any atom is 0.261 e. The van der Waals surface area contributed by atoms with E-state index in [2.05, 4.69) is 9.71 Å². The molecule has 3 aromatic rings. The molecule has 120 valence electrons. The van der Waals surface area contributed by atoms with E-state index in [1.807, 2.05) is 30.3 Å². The minimum Gasteiger partial charge on any atom is -0.296 e. The van der Waals surface area contributed by atoms with Crippen LogP contribution in [-0.4, -0.2) is 19.7 Å². The molecule has 3 rings (SSSR count). The number of anilines is 1. The van der Waals surface area contributed by atoms with E-state index in [0.29, 0.717) is 12.0 Å². The number of nitrogens with zero attached hydrogens (tertiary/aromatic N) is 1. The number of nitrogens with one attached hydrogen (secondary N) is 1. The maximum absolute atomic E-state index is 12.4. The Morgan fingerprint density at radius 2 is 1.46 bits per heavy atom. The molecule has 0 bridgehead atoms. The fraction of sp³-hybridized carbons (Fsp3) is 0. The standard InChI is InChI=1S/C18H14N2O3S/c21-13-18-17(20-24(22,23)15-9-5-2-6-10-15)12-11-16(19-18)14-7-3-1-4-8-14/h1-13,20H. The van der Waals surface area contributed by atoms with Crippen molar-refractivity contribution in [1.29, 1.82) is 0 Å². The third-order valence-electron chi connectivity index (χ3n) is 3.40. The van der Waals surface area contributed by atoms with E-state index in [-0.39, 0.29) is 16.3 Å². The van der Waals surface area contributed by atoms with E-state index >= 15 is 0 Å². The molecule has 5 nitrogen and oxygen atoms in total. The highest BCUT2D eigenvalue weighted by molar-refractivity contribution is 7.92. The normalized spacial score (nSPS) is 11.0. The van der Waals surface area contributed by atoms with Gasteiger partial charge in [-0.15, -0.1) is 0 Å². The summed E-state index contributed by atoms with van der Waals surface area (Å²) in [6.07, 6.45) is 0.537. The molecule has 0 radical (unpaired) electrons. The minimum atomic E-state index is -3.77.